The Hall–Kier alpha value is -3.55. The van der Waals surface area contributed by atoms with E-state index in [2.05, 4.69) is 5.32 Å². The number of ether oxygens (including phenoxy) is 2. The standard InChI is InChI=1S/C20H22N4O8S/c1-13(32-20(26)17-12-15(24(27)28)5-6-18(17)21)19(25)22-14-3-2-4-16(11-14)33(29,30)23-7-9-31-10-8-23/h2-6,11-13H,7-10,21H2,1H3,(H,22,25). The largest absolute Gasteiger partial charge is 0.449 e. The fraction of sp³-hybridized carbons (Fsp3) is 0.300. The van der Waals surface area contributed by atoms with Gasteiger partial charge in [-0.3, -0.25) is 14.9 Å². The number of anilines is 2. The maximum Gasteiger partial charge on any atom is 0.341 e. The van der Waals surface area contributed by atoms with Gasteiger partial charge in [-0.1, -0.05) is 6.07 Å². The number of nitrogen functional groups attached to an aromatic ring is 1. The average molecular weight is 478 g/mol. The second kappa shape index (κ2) is 9.94. The van der Waals surface area contributed by atoms with E-state index in [1.165, 1.54) is 41.6 Å². The number of non-ortho nitro benzene ring substituents is 1. The number of carbonyl (C=O) groups is 2. The third kappa shape index (κ3) is 5.63. The summed E-state index contributed by atoms with van der Waals surface area (Å²) in [6.45, 7) is 2.36. The van der Waals surface area contributed by atoms with Gasteiger partial charge < -0.3 is 20.5 Å². The second-order valence-electron chi connectivity index (χ2n) is 7.11. The number of nitro groups is 1. The van der Waals surface area contributed by atoms with Gasteiger partial charge in [0.1, 0.15) is 0 Å². The summed E-state index contributed by atoms with van der Waals surface area (Å²) >= 11 is 0. The molecule has 1 aliphatic heterocycles. The van der Waals surface area contributed by atoms with E-state index in [0.717, 1.165) is 12.1 Å². The second-order valence-corrected chi connectivity index (χ2v) is 9.05. The van der Waals surface area contributed by atoms with Gasteiger partial charge in [0.25, 0.3) is 11.6 Å². The summed E-state index contributed by atoms with van der Waals surface area (Å²) in [5.41, 5.74) is 5.23. The summed E-state index contributed by atoms with van der Waals surface area (Å²) in [6.07, 6.45) is -1.30. The minimum Gasteiger partial charge on any atom is -0.449 e. The first-order chi connectivity index (χ1) is 15.6. The molecule has 0 aromatic heterocycles. The Labute approximate surface area is 189 Å². The highest BCUT2D eigenvalue weighted by atomic mass is 32.2. The number of amides is 1. The molecule has 1 saturated heterocycles. The van der Waals surface area contributed by atoms with E-state index in [4.69, 9.17) is 15.2 Å². The zero-order valence-corrected chi connectivity index (χ0v) is 18.4. The van der Waals surface area contributed by atoms with Gasteiger partial charge in [0, 0.05) is 36.6 Å². The highest BCUT2D eigenvalue weighted by molar-refractivity contribution is 7.89. The van der Waals surface area contributed by atoms with Gasteiger partial charge in [-0.25, -0.2) is 13.2 Å². The Bertz CT molecular complexity index is 1180. The minimum absolute atomic E-state index is 0.00350. The fourth-order valence-corrected chi connectivity index (χ4v) is 4.48. The number of nitrogens with two attached hydrogens (primary N) is 1. The van der Waals surface area contributed by atoms with E-state index < -0.39 is 32.9 Å². The van der Waals surface area contributed by atoms with E-state index in [9.17, 15) is 28.1 Å². The van der Waals surface area contributed by atoms with Crippen molar-refractivity contribution in [2.24, 2.45) is 0 Å². The van der Waals surface area contributed by atoms with Crippen molar-refractivity contribution in [1.82, 2.24) is 4.31 Å². The fourth-order valence-electron chi connectivity index (χ4n) is 3.03. The molecule has 3 rings (SSSR count). The number of carbonyl (C=O) groups excluding carboxylic acids is 2. The van der Waals surface area contributed by atoms with Crippen LogP contribution in [0.3, 0.4) is 0 Å². The number of sulfonamides is 1. The van der Waals surface area contributed by atoms with Crippen LogP contribution in [0.25, 0.3) is 0 Å². The van der Waals surface area contributed by atoms with Crippen molar-refractivity contribution in [2.75, 3.05) is 37.4 Å². The number of morpholine rings is 1. The molecule has 1 atom stereocenters. The molecule has 0 saturated carbocycles. The van der Waals surface area contributed by atoms with Crippen molar-refractivity contribution in [3.63, 3.8) is 0 Å². The van der Waals surface area contributed by atoms with Crippen LogP contribution < -0.4 is 11.1 Å². The molecule has 3 N–H and O–H groups in total. The van der Waals surface area contributed by atoms with E-state index in [1.54, 1.807) is 0 Å². The van der Waals surface area contributed by atoms with Crippen LogP contribution in [0.5, 0.6) is 0 Å². The lowest BCUT2D eigenvalue weighted by Gasteiger charge is -2.26. The normalized spacial score (nSPS) is 15.4. The van der Waals surface area contributed by atoms with Gasteiger partial charge in [-0.2, -0.15) is 4.31 Å². The molecule has 0 aliphatic carbocycles. The maximum absolute atomic E-state index is 12.8. The molecule has 0 bridgehead atoms. The lowest BCUT2D eigenvalue weighted by atomic mass is 10.1. The molecule has 0 radical (unpaired) electrons. The Balaban J connectivity index is 1.69. The molecular formula is C20H22N4O8S. The predicted octanol–water partition coefficient (Wildman–Crippen LogP) is 1.38. The molecular weight excluding hydrogens is 456 g/mol. The van der Waals surface area contributed by atoms with Crippen LogP contribution in [0.1, 0.15) is 17.3 Å². The number of esters is 1. The number of nitrogens with one attached hydrogen (secondary N) is 1. The zero-order chi connectivity index (χ0) is 24.2. The SMILES string of the molecule is CC(OC(=O)c1cc([N+](=O)[O-])ccc1N)C(=O)Nc1cccc(S(=O)(=O)N2CCOCC2)c1. The maximum atomic E-state index is 12.8. The van der Waals surface area contributed by atoms with Gasteiger partial charge in [0.05, 0.1) is 28.6 Å². The highest BCUT2D eigenvalue weighted by Crippen LogP contribution is 2.22. The summed E-state index contributed by atoms with van der Waals surface area (Å²) in [5.74, 6) is -1.74. The molecule has 1 heterocycles. The number of nitro benzene ring substituents is 1. The first kappa shape index (κ1) is 24.1. The monoisotopic (exact) mass is 478 g/mol. The lowest BCUT2D eigenvalue weighted by molar-refractivity contribution is -0.384. The van der Waals surface area contributed by atoms with Crippen LogP contribution in [0.2, 0.25) is 0 Å². The van der Waals surface area contributed by atoms with Crippen LogP contribution >= 0.6 is 0 Å². The Morgan fingerprint density at radius 1 is 1.21 bits per heavy atom. The van der Waals surface area contributed by atoms with E-state index in [0.29, 0.717) is 13.2 Å². The van der Waals surface area contributed by atoms with Crippen LogP contribution in [-0.4, -0.2) is 61.9 Å². The molecule has 1 aliphatic rings. The van der Waals surface area contributed by atoms with Crippen LogP contribution in [-0.2, 0) is 24.3 Å². The summed E-state index contributed by atoms with van der Waals surface area (Å²) in [7, 11) is -3.76. The molecule has 33 heavy (non-hydrogen) atoms. The molecule has 1 amide bonds. The minimum atomic E-state index is -3.76. The summed E-state index contributed by atoms with van der Waals surface area (Å²) in [6, 6.07) is 8.97. The molecule has 2 aromatic rings. The molecule has 0 spiro atoms. The summed E-state index contributed by atoms with van der Waals surface area (Å²) in [4.78, 5) is 35.1. The number of nitrogens with zero attached hydrogens (tertiary/aromatic N) is 2. The first-order valence-corrected chi connectivity index (χ1v) is 11.3. The van der Waals surface area contributed by atoms with Gasteiger partial charge >= 0.3 is 5.97 Å². The van der Waals surface area contributed by atoms with Crippen molar-refractivity contribution in [1.29, 1.82) is 0 Å². The molecule has 176 valence electrons. The smallest absolute Gasteiger partial charge is 0.341 e. The molecule has 13 heteroatoms. The van der Waals surface area contributed by atoms with Crippen molar-refractivity contribution in [3.05, 3.63) is 58.1 Å². The van der Waals surface area contributed by atoms with Crippen molar-refractivity contribution >= 4 is 39.0 Å². The Morgan fingerprint density at radius 2 is 1.91 bits per heavy atom. The number of hydrogen-bond donors (Lipinski definition) is 2. The van der Waals surface area contributed by atoms with E-state index in [1.807, 2.05) is 0 Å². The molecule has 1 fully saturated rings. The van der Waals surface area contributed by atoms with Crippen LogP contribution in [0.4, 0.5) is 17.1 Å². The number of benzene rings is 2. The highest BCUT2D eigenvalue weighted by Gasteiger charge is 2.27. The van der Waals surface area contributed by atoms with Gasteiger partial charge in [-0.15, -0.1) is 0 Å². The van der Waals surface area contributed by atoms with Crippen LogP contribution in [0, 0.1) is 10.1 Å². The molecule has 2 aromatic carbocycles. The van der Waals surface area contributed by atoms with E-state index in [-0.39, 0.29) is 40.6 Å². The van der Waals surface area contributed by atoms with Crippen molar-refractivity contribution < 1.29 is 32.4 Å². The Kier molecular flexibility index (Phi) is 7.26. The summed E-state index contributed by atoms with van der Waals surface area (Å²) < 4.78 is 37.2. The topological polar surface area (TPSA) is 171 Å². The number of hydrogen-bond acceptors (Lipinski definition) is 9. The van der Waals surface area contributed by atoms with E-state index >= 15 is 0 Å². The average Bonchev–Trinajstić information content (AvgIpc) is 2.79. The lowest BCUT2D eigenvalue weighted by Crippen LogP contribution is -2.40. The predicted molar refractivity (Wildman–Crippen MR) is 117 cm³/mol. The Morgan fingerprint density at radius 3 is 2.58 bits per heavy atom. The third-order valence-electron chi connectivity index (χ3n) is 4.83. The molecule has 12 nitrogen and oxygen atoms in total. The quantitative estimate of drug-likeness (QED) is 0.258. The van der Waals surface area contributed by atoms with Crippen LogP contribution in [0.15, 0.2) is 47.4 Å². The van der Waals surface area contributed by atoms with Gasteiger partial charge in [-0.05, 0) is 31.2 Å². The first-order valence-electron chi connectivity index (χ1n) is 9.83. The van der Waals surface area contributed by atoms with Crippen molar-refractivity contribution in [3.8, 4) is 0 Å². The third-order valence-corrected chi connectivity index (χ3v) is 6.72. The van der Waals surface area contributed by atoms with Gasteiger partial charge in [0.15, 0.2) is 6.10 Å². The zero-order valence-electron chi connectivity index (χ0n) is 17.6. The van der Waals surface area contributed by atoms with Crippen molar-refractivity contribution in [2.45, 2.75) is 17.9 Å². The number of rotatable bonds is 7. The summed E-state index contributed by atoms with van der Waals surface area (Å²) in [5, 5.41) is 13.4. The molecule has 1 unspecified atom stereocenters. The van der Waals surface area contributed by atoms with Gasteiger partial charge in [0.2, 0.25) is 10.0 Å².